The van der Waals surface area contributed by atoms with Gasteiger partial charge in [0.05, 0.1) is 77.2 Å². The van der Waals surface area contributed by atoms with Crippen LogP contribution in [0.25, 0.3) is 11.1 Å². The maximum Gasteiger partial charge on any atom is 0.313 e. The number of amides is 3. The van der Waals surface area contributed by atoms with Gasteiger partial charge < -0.3 is 43.0 Å². The van der Waals surface area contributed by atoms with E-state index < -0.39 is 103 Å². The number of hydrogen-bond donors (Lipinski definition) is 7. The fraction of sp³-hybridized carbons (Fsp3) is 0.303. The van der Waals surface area contributed by atoms with E-state index in [1.165, 1.54) is 24.8 Å². The number of ether oxygens (including phenoxy) is 8. The number of benzene rings is 9. The van der Waals surface area contributed by atoms with Crippen LogP contribution < -0.4 is 35.4 Å². The van der Waals surface area contributed by atoms with E-state index in [2.05, 4.69) is 19.1 Å². The Hall–Kier alpha value is -12.2. The number of carbonyl (C=O) groups is 8. The van der Waals surface area contributed by atoms with Gasteiger partial charge in [0.25, 0.3) is 0 Å². The van der Waals surface area contributed by atoms with Crippen LogP contribution in [0.15, 0.2) is 235 Å². The molecule has 4 aliphatic rings. The lowest BCUT2D eigenvalue weighted by atomic mass is 9.93. The van der Waals surface area contributed by atoms with Crippen LogP contribution in [0, 0.1) is 45.3 Å². The Morgan fingerprint density at radius 2 is 0.652 bits per heavy atom. The van der Waals surface area contributed by atoms with Crippen LogP contribution in [-0.4, -0.2) is 110 Å². The lowest BCUT2D eigenvalue weighted by Gasteiger charge is -2.16. The summed E-state index contributed by atoms with van der Waals surface area (Å²) in [5, 5.41) is 35.9. The summed E-state index contributed by atoms with van der Waals surface area (Å²) in [6, 6.07) is 71.2. The molecule has 3 amide bonds. The minimum Gasteiger partial charge on any atom is -0.489 e. The zero-order valence-corrected chi connectivity index (χ0v) is 65.3. The van der Waals surface area contributed by atoms with Crippen molar-refractivity contribution >= 4 is 57.4 Å². The van der Waals surface area contributed by atoms with Crippen molar-refractivity contribution < 1.29 is 105 Å². The zero-order chi connectivity index (χ0) is 82.5. The summed E-state index contributed by atoms with van der Waals surface area (Å²) in [6.07, 6.45) is 4.84. The first kappa shape index (κ1) is 85.2. The quantitative estimate of drug-likeness (QED) is 0.00918. The Balaban J connectivity index is 0.000000163. The predicted octanol–water partition coefficient (Wildman–Crippen LogP) is 14.0. The molecular formula is C89H93N3O22S. The Morgan fingerprint density at radius 3 is 0.948 bits per heavy atom. The third-order valence-electron chi connectivity index (χ3n) is 20.8. The first-order valence-electron chi connectivity index (χ1n) is 37.6. The Bertz CT molecular complexity index is 4940. The van der Waals surface area contributed by atoms with Crippen LogP contribution in [0.3, 0.4) is 0 Å². The highest BCUT2D eigenvalue weighted by molar-refractivity contribution is 7.90. The van der Waals surface area contributed by atoms with Gasteiger partial charge in [0.2, 0.25) is 17.7 Å². The summed E-state index contributed by atoms with van der Waals surface area (Å²) in [6.45, 7) is 8.44. The van der Waals surface area contributed by atoms with Crippen molar-refractivity contribution in [1.82, 2.24) is 16.4 Å². The van der Waals surface area contributed by atoms with E-state index in [4.69, 9.17) is 53.5 Å². The fourth-order valence-corrected chi connectivity index (χ4v) is 14.7. The fourth-order valence-electron chi connectivity index (χ4n) is 14.0. The van der Waals surface area contributed by atoms with E-state index in [0.717, 1.165) is 68.9 Å². The molecule has 4 aliphatic carbocycles. The number of esters is 4. The van der Waals surface area contributed by atoms with E-state index >= 15 is 0 Å². The number of carboxylic acid groups (broad SMARTS) is 1. The van der Waals surface area contributed by atoms with Crippen molar-refractivity contribution in [3.63, 3.8) is 0 Å². The van der Waals surface area contributed by atoms with Crippen LogP contribution in [0.2, 0.25) is 0 Å². The molecule has 0 aliphatic heterocycles. The van der Waals surface area contributed by atoms with Gasteiger partial charge in [-0.3, -0.25) is 54.0 Å². The zero-order valence-electron chi connectivity index (χ0n) is 64.5. The summed E-state index contributed by atoms with van der Waals surface area (Å²) >= 11 is 0. The van der Waals surface area contributed by atoms with Gasteiger partial charge in [-0.1, -0.05) is 140 Å². The smallest absolute Gasteiger partial charge is 0.313 e. The van der Waals surface area contributed by atoms with Crippen LogP contribution in [0.1, 0.15) is 86.8 Å². The van der Waals surface area contributed by atoms with Crippen LogP contribution in [0.5, 0.6) is 40.2 Å². The third-order valence-corrected chi connectivity index (χ3v) is 21.9. The predicted molar refractivity (Wildman–Crippen MR) is 420 cm³/mol. The molecular weight excluding hydrogens is 1500 g/mol. The van der Waals surface area contributed by atoms with Crippen molar-refractivity contribution in [2.45, 2.75) is 97.0 Å². The molecule has 602 valence electrons. The number of rotatable bonds is 31. The lowest BCUT2D eigenvalue weighted by molar-refractivity contribution is -0.152. The maximum absolute atomic E-state index is 12.5. The summed E-state index contributed by atoms with van der Waals surface area (Å²) in [5.74, 6) is -2.25. The molecule has 0 saturated heterocycles. The average Bonchev–Trinajstić information content (AvgIpc) is 1.59. The molecule has 0 unspecified atom stereocenters. The highest BCUT2D eigenvalue weighted by Crippen LogP contribution is 2.59. The molecule has 4 saturated carbocycles. The molecule has 7 N–H and O–H groups in total. The molecule has 4 fully saturated rings. The lowest BCUT2D eigenvalue weighted by Crippen LogP contribution is -2.30. The highest BCUT2D eigenvalue weighted by Gasteiger charge is 2.67. The molecule has 8 atom stereocenters. The number of aryl methyl sites for hydroxylation is 1. The van der Waals surface area contributed by atoms with Gasteiger partial charge in [0, 0.05) is 6.26 Å². The number of methoxy groups -OCH3 is 1. The topological polar surface area (TPSA) is 362 Å². The first-order chi connectivity index (χ1) is 55.3. The molecule has 26 heteroatoms. The number of hydrogen-bond acceptors (Lipinski definition) is 21. The maximum atomic E-state index is 12.5. The molecule has 0 radical (unpaired) electrons. The van der Waals surface area contributed by atoms with Gasteiger partial charge in [0.1, 0.15) is 46.9 Å². The molecule has 25 nitrogen and oxygen atoms in total. The van der Waals surface area contributed by atoms with Crippen LogP contribution in [0.4, 0.5) is 0 Å². The van der Waals surface area contributed by atoms with Crippen molar-refractivity contribution in [3.05, 3.63) is 264 Å². The highest BCUT2D eigenvalue weighted by atomic mass is 32.2. The number of hydroxylamine groups is 3. The molecule has 0 aromatic heterocycles. The summed E-state index contributed by atoms with van der Waals surface area (Å²) in [5.41, 5.74) is 9.22. The summed E-state index contributed by atoms with van der Waals surface area (Å²) < 4.78 is 66.6. The Labute approximate surface area is 666 Å². The number of sulfone groups is 1. The van der Waals surface area contributed by atoms with Crippen LogP contribution in [-0.2, 0) is 106 Å². The SMILES string of the molecule is CCOC(=O)[C@@]1(Cc2ccc(Oc3ccc(-c4ccccc4)cc3)cc2)C[C@@H]1C(=O)NO.CCOC(=O)[C@@]1(Cc2ccc(Oc3ccc(CC)cc3)cc2)C[C@@H]1C(=O)NO.CCOC(=O)[C@@]1(Cc2ccc(Oc3ccc(S(C)(=O)=O)cc3)cc2)C[C@@H]1C(=O)NO.COC(=O)[C@@]1(Cc2ccc(OCc3ccccc3)cc2)C[C@@H]1C(=O)O. The molecule has 115 heavy (non-hydrogen) atoms. The third kappa shape index (κ3) is 21.8. The van der Waals surface area contributed by atoms with Gasteiger partial charge in [-0.25, -0.2) is 24.9 Å². The second-order valence-electron chi connectivity index (χ2n) is 28.6. The van der Waals surface area contributed by atoms with Gasteiger partial charge >= 0.3 is 29.8 Å². The first-order valence-corrected chi connectivity index (χ1v) is 39.5. The number of nitrogens with one attached hydrogen (secondary N) is 3. The van der Waals surface area contributed by atoms with E-state index in [0.29, 0.717) is 81.0 Å². The van der Waals surface area contributed by atoms with Crippen molar-refractivity contribution in [2.75, 3.05) is 33.2 Å². The van der Waals surface area contributed by atoms with Crippen molar-refractivity contribution in [3.8, 4) is 51.4 Å². The second kappa shape index (κ2) is 38.5. The summed E-state index contributed by atoms with van der Waals surface area (Å²) in [4.78, 5) is 96.3. The normalized spacial score (nSPS) is 20.2. The minimum atomic E-state index is -3.27. The monoisotopic (exact) mass is 1590 g/mol. The second-order valence-corrected chi connectivity index (χ2v) is 30.6. The van der Waals surface area contributed by atoms with Gasteiger partial charge in [-0.05, 0) is 220 Å². The van der Waals surface area contributed by atoms with Gasteiger partial charge in [-0.15, -0.1) is 0 Å². The molecule has 0 bridgehead atoms. The van der Waals surface area contributed by atoms with Crippen LogP contribution >= 0.6 is 0 Å². The van der Waals surface area contributed by atoms with E-state index in [9.17, 15) is 51.9 Å². The van der Waals surface area contributed by atoms with E-state index in [-0.39, 0.29) is 24.7 Å². The van der Waals surface area contributed by atoms with E-state index in [1.54, 1.807) is 73.6 Å². The molecule has 13 rings (SSSR count). The van der Waals surface area contributed by atoms with Crippen molar-refractivity contribution in [2.24, 2.45) is 45.3 Å². The standard InChI is InChI=1S/C26H25NO5.C22H25NO5.C21H23NO7S.C20H20O5/c1-2-31-25(29)26(17-23(26)24(28)27-30)16-18-8-12-21(13-9-18)32-22-14-10-20(11-15-22)19-6-4-3-5-7-19;1-3-15-5-9-17(10-6-15)28-18-11-7-16(8-12-18)13-22(21(25)27-4-2)14-19(22)20(24)23-26;1-3-28-20(24)21(13-18(21)19(23)22-25)12-14-4-6-15(7-5-14)29-16-8-10-17(11-9-16)30(2,26)27;1-24-19(23)20(12-17(20)18(21)22)11-14-7-9-16(10-8-14)25-13-15-5-3-2-4-6-15/h3-15,23,30H,2,16-17H2,1H3,(H,27,28);5-12,19,26H,3-4,13-14H2,1-2H3,(H,23,24);4-11,18,25H,3,12-13H2,1-2H3,(H,22,23);2-10,17H,11-13H2,1H3,(H,21,22)/t23-,26+;19-,22+;18-,21+;17-,20+/m1111/s1. The largest absolute Gasteiger partial charge is 0.489 e. The van der Waals surface area contributed by atoms with Crippen molar-refractivity contribution in [1.29, 1.82) is 0 Å². The minimum absolute atomic E-state index is 0.207. The summed E-state index contributed by atoms with van der Waals surface area (Å²) in [7, 11) is -1.98. The molecule has 9 aromatic rings. The number of aliphatic carboxylic acids is 1. The molecule has 0 heterocycles. The molecule has 0 spiro atoms. The number of carboxylic acids is 1. The Kier molecular flexibility index (Phi) is 28.5. The van der Waals surface area contributed by atoms with E-state index in [1.807, 2.05) is 170 Å². The molecule has 9 aromatic carbocycles. The van der Waals surface area contributed by atoms with Gasteiger partial charge in [-0.2, -0.15) is 0 Å². The Morgan fingerprint density at radius 1 is 0.365 bits per heavy atom. The average molecular weight is 1590 g/mol. The number of carbonyl (C=O) groups excluding carboxylic acids is 7. The van der Waals surface area contributed by atoms with Gasteiger partial charge in [0.15, 0.2) is 9.84 Å².